The topological polar surface area (TPSA) is 60.5 Å². The van der Waals surface area contributed by atoms with Gasteiger partial charge in [-0.05, 0) is 44.1 Å². The molecule has 25 heavy (non-hydrogen) atoms. The van der Waals surface area contributed by atoms with E-state index < -0.39 is 5.60 Å². The molecular formula is C20H32N2O3. The van der Waals surface area contributed by atoms with Crippen LogP contribution in [0, 0.1) is 5.92 Å². The van der Waals surface area contributed by atoms with Gasteiger partial charge in [-0.25, -0.2) is 4.98 Å². The van der Waals surface area contributed by atoms with Crippen molar-refractivity contribution in [2.75, 3.05) is 18.5 Å². The Morgan fingerprint density at radius 2 is 2.16 bits per heavy atom. The Labute approximate surface area is 151 Å². The molecule has 0 aliphatic heterocycles. The molecule has 1 aromatic heterocycles. The Morgan fingerprint density at radius 3 is 2.80 bits per heavy atom. The highest BCUT2D eigenvalue weighted by Gasteiger charge is 2.42. The highest BCUT2D eigenvalue weighted by atomic mass is 16.5. The Hall–Kier alpha value is -1.62. The Kier molecular flexibility index (Phi) is 7.69. The van der Waals surface area contributed by atoms with Gasteiger partial charge in [-0.15, -0.1) is 0 Å². The minimum absolute atomic E-state index is 0.0473. The van der Waals surface area contributed by atoms with E-state index in [1.807, 2.05) is 6.07 Å². The fourth-order valence-corrected chi connectivity index (χ4v) is 3.31. The summed E-state index contributed by atoms with van der Waals surface area (Å²) in [4.78, 5) is 17.2. The zero-order chi connectivity index (χ0) is 18.1. The van der Waals surface area contributed by atoms with Crippen LogP contribution in [0.2, 0.25) is 0 Å². The average Bonchev–Trinajstić information content (AvgIpc) is 2.61. The van der Waals surface area contributed by atoms with Crippen molar-refractivity contribution in [1.29, 1.82) is 0 Å². The van der Waals surface area contributed by atoms with E-state index >= 15 is 0 Å². The number of nitrogens with zero attached hydrogens (tertiary/aromatic N) is 1. The van der Waals surface area contributed by atoms with Crippen molar-refractivity contribution in [3.8, 4) is 5.88 Å². The molecule has 1 N–H and O–H groups in total. The van der Waals surface area contributed by atoms with E-state index in [0.717, 1.165) is 44.9 Å². The number of ether oxygens (including phenoxy) is 2. The molecular weight excluding hydrogens is 316 g/mol. The predicted molar refractivity (Wildman–Crippen MR) is 99.9 cm³/mol. The molecule has 1 amide bonds. The fraction of sp³-hybridized carbons (Fsp3) is 0.700. The van der Waals surface area contributed by atoms with Crippen LogP contribution in [0.4, 0.5) is 5.69 Å². The summed E-state index contributed by atoms with van der Waals surface area (Å²) in [5.74, 6) is 1.05. The van der Waals surface area contributed by atoms with Crippen molar-refractivity contribution in [3.63, 3.8) is 0 Å². The van der Waals surface area contributed by atoms with Crippen LogP contribution < -0.4 is 10.1 Å². The molecule has 0 radical (unpaired) electrons. The molecule has 140 valence electrons. The highest BCUT2D eigenvalue weighted by Crippen LogP contribution is 2.36. The largest absolute Gasteiger partial charge is 0.478 e. The summed E-state index contributed by atoms with van der Waals surface area (Å²) in [5.41, 5.74) is -0.0187. The van der Waals surface area contributed by atoms with Gasteiger partial charge in [0.15, 0.2) is 0 Å². The van der Waals surface area contributed by atoms with Gasteiger partial charge in [0.1, 0.15) is 5.60 Å². The number of carbonyl (C=O) groups excluding carboxylic acids is 1. The van der Waals surface area contributed by atoms with Gasteiger partial charge in [0.25, 0.3) is 5.91 Å². The van der Waals surface area contributed by atoms with Gasteiger partial charge < -0.3 is 14.8 Å². The molecule has 0 bridgehead atoms. The minimum Gasteiger partial charge on any atom is -0.478 e. The molecule has 2 atom stereocenters. The van der Waals surface area contributed by atoms with E-state index in [9.17, 15) is 4.79 Å². The van der Waals surface area contributed by atoms with Gasteiger partial charge in [-0.3, -0.25) is 4.79 Å². The van der Waals surface area contributed by atoms with Gasteiger partial charge in [0.2, 0.25) is 5.88 Å². The van der Waals surface area contributed by atoms with Crippen molar-refractivity contribution < 1.29 is 14.3 Å². The molecule has 0 spiro atoms. The van der Waals surface area contributed by atoms with Gasteiger partial charge in [-0.1, -0.05) is 33.6 Å². The lowest BCUT2D eigenvalue weighted by atomic mass is 9.78. The normalized spacial score (nSPS) is 23.2. The second-order valence-corrected chi connectivity index (χ2v) is 7.09. The van der Waals surface area contributed by atoms with E-state index in [-0.39, 0.29) is 5.91 Å². The maximum atomic E-state index is 12.9. The lowest BCUT2D eigenvalue weighted by Crippen LogP contribution is -2.48. The van der Waals surface area contributed by atoms with Crippen molar-refractivity contribution >= 4 is 11.6 Å². The number of carbonyl (C=O) groups is 1. The van der Waals surface area contributed by atoms with Crippen LogP contribution in [0.3, 0.4) is 0 Å². The summed E-state index contributed by atoms with van der Waals surface area (Å²) in [6.07, 6.45) is 8.42. The summed E-state index contributed by atoms with van der Waals surface area (Å²) in [5, 5.41) is 2.99. The van der Waals surface area contributed by atoms with Gasteiger partial charge in [0, 0.05) is 12.7 Å². The van der Waals surface area contributed by atoms with Crippen LogP contribution in [0.5, 0.6) is 5.88 Å². The maximum Gasteiger partial charge on any atom is 0.256 e. The van der Waals surface area contributed by atoms with Crippen LogP contribution in [0.25, 0.3) is 0 Å². The van der Waals surface area contributed by atoms with E-state index in [1.165, 1.54) is 0 Å². The third-order valence-corrected chi connectivity index (χ3v) is 4.69. The lowest BCUT2D eigenvalue weighted by Gasteiger charge is -2.38. The molecule has 1 aliphatic carbocycles. The Balaban J connectivity index is 1.99. The van der Waals surface area contributed by atoms with Crippen LogP contribution in [0.1, 0.15) is 65.7 Å². The predicted octanol–water partition coefficient (Wildman–Crippen LogP) is 4.57. The fourth-order valence-electron chi connectivity index (χ4n) is 3.31. The Morgan fingerprint density at radius 1 is 1.32 bits per heavy atom. The number of aromatic nitrogens is 1. The second-order valence-electron chi connectivity index (χ2n) is 7.09. The van der Waals surface area contributed by atoms with Crippen LogP contribution in [0.15, 0.2) is 18.3 Å². The SMILES string of the molecule is CCCCOc1ccc(NC(=O)[C@]2(OCCC)CCC[C@H](C)C2)cn1. The number of nitrogens with one attached hydrogen (secondary N) is 1. The zero-order valence-electron chi connectivity index (χ0n) is 15.8. The smallest absolute Gasteiger partial charge is 0.256 e. The first-order chi connectivity index (χ1) is 12.1. The molecule has 1 aromatic rings. The zero-order valence-corrected chi connectivity index (χ0v) is 15.8. The third-order valence-electron chi connectivity index (χ3n) is 4.69. The van der Waals surface area contributed by atoms with Crippen LogP contribution >= 0.6 is 0 Å². The molecule has 1 fully saturated rings. The minimum atomic E-state index is -0.704. The second kappa shape index (κ2) is 9.76. The molecule has 2 rings (SSSR count). The van der Waals surface area contributed by atoms with Crippen molar-refractivity contribution in [1.82, 2.24) is 4.98 Å². The molecule has 0 saturated heterocycles. The van der Waals surface area contributed by atoms with Crippen LogP contribution in [-0.4, -0.2) is 29.7 Å². The summed E-state index contributed by atoms with van der Waals surface area (Å²) in [7, 11) is 0. The molecule has 0 aromatic carbocycles. The number of unbranched alkanes of at least 4 members (excludes halogenated alkanes) is 1. The molecule has 1 saturated carbocycles. The molecule has 1 aliphatic rings. The highest BCUT2D eigenvalue weighted by molar-refractivity contribution is 5.97. The first-order valence-corrected chi connectivity index (χ1v) is 9.64. The van der Waals surface area contributed by atoms with Crippen LogP contribution in [-0.2, 0) is 9.53 Å². The van der Waals surface area contributed by atoms with Gasteiger partial charge >= 0.3 is 0 Å². The quantitative estimate of drug-likeness (QED) is 0.664. The summed E-state index contributed by atoms with van der Waals surface area (Å²) >= 11 is 0. The number of pyridine rings is 1. The van der Waals surface area contributed by atoms with Gasteiger partial charge in [0.05, 0.1) is 18.5 Å². The molecule has 5 heteroatoms. The van der Waals surface area contributed by atoms with Crippen molar-refractivity contribution in [2.45, 2.75) is 71.3 Å². The van der Waals surface area contributed by atoms with E-state index in [0.29, 0.717) is 30.7 Å². The number of anilines is 1. The van der Waals surface area contributed by atoms with E-state index in [2.05, 4.69) is 31.1 Å². The number of rotatable bonds is 9. The summed E-state index contributed by atoms with van der Waals surface area (Å²) < 4.78 is 11.6. The Bertz CT molecular complexity index is 532. The standard InChI is InChI=1S/C20H32N2O3/c1-4-6-13-24-18-10-9-17(15-21-18)22-19(23)20(25-12-5-2)11-7-8-16(3)14-20/h9-10,15-16H,4-8,11-14H2,1-3H3,(H,22,23)/t16-,20-/m0/s1. The third kappa shape index (κ3) is 5.70. The van der Waals surface area contributed by atoms with E-state index in [4.69, 9.17) is 9.47 Å². The lowest BCUT2D eigenvalue weighted by molar-refractivity contribution is -0.148. The number of amides is 1. The number of hydrogen-bond donors (Lipinski definition) is 1. The summed E-state index contributed by atoms with van der Waals surface area (Å²) in [6.45, 7) is 7.67. The summed E-state index contributed by atoms with van der Waals surface area (Å²) in [6, 6.07) is 3.64. The molecule has 0 unspecified atom stereocenters. The van der Waals surface area contributed by atoms with Crippen molar-refractivity contribution in [3.05, 3.63) is 18.3 Å². The molecule has 1 heterocycles. The maximum absolute atomic E-state index is 12.9. The first-order valence-electron chi connectivity index (χ1n) is 9.64. The number of hydrogen-bond acceptors (Lipinski definition) is 4. The van der Waals surface area contributed by atoms with Gasteiger partial charge in [-0.2, -0.15) is 0 Å². The monoisotopic (exact) mass is 348 g/mol. The molecule has 5 nitrogen and oxygen atoms in total. The average molecular weight is 348 g/mol. The van der Waals surface area contributed by atoms with E-state index in [1.54, 1.807) is 12.3 Å². The van der Waals surface area contributed by atoms with Crippen molar-refractivity contribution in [2.24, 2.45) is 5.92 Å². The first kappa shape index (κ1) is 19.7.